The van der Waals surface area contributed by atoms with Crippen LogP contribution in [0.5, 0.6) is 5.75 Å². The summed E-state index contributed by atoms with van der Waals surface area (Å²) in [6.45, 7) is 4.23. The van der Waals surface area contributed by atoms with Crippen molar-refractivity contribution in [1.29, 1.82) is 0 Å². The van der Waals surface area contributed by atoms with Crippen LogP contribution in [-0.4, -0.2) is 31.3 Å². The van der Waals surface area contributed by atoms with Gasteiger partial charge in [-0.3, -0.25) is 4.90 Å². The maximum Gasteiger partial charge on any atom is 0.340 e. The Balaban J connectivity index is 1.88. The van der Waals surface area contributed by atoms with Gasteiger partial charge in [-0.1, -0.05) is 23.7 Å². The van der Waals surface area contributed by atoms with E-state index in [9.17, 15) is 9.59 Å². The highest BCUT2D eigenvalue weighted by atomic mass is 35.5. The molecule has 6 nitrogen and oxygen atoms in total. The minimum absolute atomic E-state index is 0.172. The summed E-state index contributed by atoms with van der Waals surface area (Å²) in [7, 11) is 0. The van der Waals surface area contributed by atoms with Gasteiger partial charge in [0.15, 0.2) is 0 Å². The van der Waals surface area contributed by atoms with Crippen LogP contribution in [0.3, 0.4) is 0 Å². The number of amides is 2. The van der Waals surface area contributed by atoms with Gasteiger partial charge in [-0.25, -0.2) is 9.59 Å². The van der Waals surface area contributed by atoms with Gasteiger partial charge in [-0.05, 0) is 44.2 Å². The number of para-hydroxylation sites is 1. The van der Waals surface area contributed by atoms with Crippen molar-refractivity contribution in [2.24, 2.45) is 0 Å². The third kappa shape index (κ3) is 3.75. The van der Waals surface area contributed by atoms with Gasteiger partial charge in [-0.15, -0.1) is 0 Å². The van der Waals surface area contributed by atoms with E-state index in [1.54, 1.807) is 54.3 Å². The zero-order chi connectivity index (χ0) is 18.7. The molecule has 0 fully saturated rings. The number of ether oxygens (including phenoxy) is 2. The topological polar surface area (TPSA) is 67.9 Å². The molecule has 1 heterocycles. The molecule has 1 N–H and O–H groups in total. The first-order valence-electron chi connectivity index (χ1n) is 8.30. The van der Waals surface area contributed by atoms with Crippen LogP contribution in [0.2, 0.25) is 5.02 Å². The zero-order valence-corrected chi connectivity index (χ0v) is 15.2. The molecule has 0 aliphatic carbocycles. The van der Waals surface area contributed by atoms with Crippen molar-refractivity contribution in [3.05, 3.63) is 53.1 Å². The Hall–Kier alpha value is -2.73. The highest BCUT2D eigenvalue weighted by molar-refractivity contribution is 6.31. The molecule has 0 bridgehead atoms. The van der Waals surface area contributed by atoms with Crippen LogP contribution in [-0.2, 0) is 4.74 Å². The number of anilines is 2. The fraction of sp³-hybridized carbons (Fsp3) is 0.263. The Morgan fingerprint density at radius 3 is 2.85 bits per heavy atom. The molecule has 26 heavy (non-hydrogen) atoms. The molecule has 0 saturated heterocycles. The monoisotopic (exact) mass is 374 g/mol. The lowest BCUT2D eigenvalue weighted by atomic mass is 10.1. The molecule has 1 atom stereocenters. The summed E-state index contributed by atoms with van der Waals surface area (Å²) in [5, 5.41) is 3.29. The van der Waals surface area contributed by atoms with Crippen molar-refractivity contribution in [2.75, 3.05) is 23.4 Å². The molecule has 0 radical (unpaired) electrons. The van der Waals surface area contributed by atoms with E-state index in [4.69, 9.17) is 21.1 Å². The average Bonchev–Trinajstić information content (AvgIpc) is 2.62. The molecule has 2 amide bonds. The molecule has 7 heteroatoms. The van der Waals surface area contributed by atoms with Crippen molar-refractivity contribution in [3.63, 3.8) is 0 Å². The number of halogens is 1. The normalized spacial score (nSPS) is 15.7. The molecule has 136 valence electrons. The van der Waals surface area contributed by atoms with E-state index >= 15 is 0 Å². The summed E-state index contributed by atoms with van der Waals surface area (Å²) in [4.78, 5) is 26.5. The number of esters is 1. The van der Waals surface area contributed by atoms with Gasteiger partial charge in [-0.2, -0.15) is 0 Å². The van der Waals surface area contributed by atoms with Gasteiger partial charge in [0.05, 0.1) is 30.1 Å². The summed E-state index contributed by atoms with van der Waals surface area (Å²) in [6.07, 6.45) is -0.172. The third-order valence-electron chi connectivity index (χ3n) is 3.89. The van der Waals surface area contributed by atoms with Crippen LogP contribution >= 0.6 is 11.6 Å². The molecule has 0 saturated carbocycles. The van der Waals surface area contributed by atoms with Crippen LogP contribution in [0.15, 0.2) is 42.5 Å². The van der Waals surface area contributed by atoms with Crippen molar-refractivity contribution >= 4 is 35.0 Å². The molecule has 1 aliphatic heterocycles. The zero-order valence-electron chi connectivity index (χ0n) is 14.5. The number of carbonyl (C=O) groups excluding carboxylic acids is 2. The minimum Gasteiger partial charge on any atom is -0.487 e. The van der Waals surface area contributed by atoms with E-state index in [2.05, 4.69) is 5.32 Å². The van der Waals surface area contributed by atoms with Crippen molar-refractivity contribution in [1.82, 2.24) is 0 Å². The summed E-state index contributed by atoms with van der Waals surface area (Å²) in [5.41, 5.74) is 1.27. The second kappa shape index (κ2) is 7.66. The van der Waals surface area contributed by atoms with Gasteiger partial charge >= 0.3 is 12.0 Å². The first kappa shape index (κ1) is 18.1. The molecule has 2 aromatic rings. The highest BCUT2D eigenvalue weighted by Gasteiger charge is 2.28. The summed E-state index contributed by atoms with van der Waals surface area (Å²) in [6, 6.07) is 11.5. The Morgan fingerprint density at radius 1 is 1.31 bits per heavy atom. The molecule has 3 rings (SSSR count). The van der Waals surface area contributed by atoms with Gasteiger partial charge in [0.1, 0.15) is 11.9 Å². The maximum absolute atomic E-state index is 12.9. The number of benzene rings is 2. The number of nitrogens with zero attached hydrogens (tertiary/aromatic N) is 1. The third-order valence-corrected chi connectivity index (χ3v) is 4.12. The molecule has 1 aliphatic rings. The SMILES string of the molecule is CCOC(=O)c1ccccc1NC(=O)N1C[C@H](C)Oc2ccc(Cl)cc21. The average molecular weight is 375 g/mol. The number of hydrogen-bond donors (Lipinski definition) is 1. The lowest BCUT2D eigenvalue weighted by Gasteiger charge is -2.33. The van der Waals surface area contributed by atoms with E-state index in [1.807, 2.05) is 6.92 Å². The number of fused-ring (bicyclic) bond motifs is 1. The lowest BCUT2D eigenvalue weighted by molar-refractivity contribution is 0.0527. The van der Waals surface area contributed by atoms with Gasteiger partial charge in [0.25, 0.3) is 0 Å². The van der Waals surface area contributed by atoms with E-state index in [-0.39, 0.29) is 18.7 Å². The summed E-state index contributed by atoms with van der Waals surface area (Å²) in [5.74, 6) is 0.101. The van der Waals surface area contributed by atoms with Crippen molar-refractivity contribution in [3.8, 4) is 5.75 Å². The second-order valence-corrected chi connectivity index (χ2v) is 6.28. The quantitative estimate of drug-likeness (QED) is 0.811. The number of nitrogens with one attached hydrogen (secondary N) is 1. The smallest absolute Gasteiger partial charge is 0.340 e. The van der Waals surface area contributed by atoms with Crippen LogP contribution in [0.4, 0.5) is 16.2 Å². The molecule has 0 unspecified atom stereocenters. The molecule has 0 spiro atoms. The fourth-order valence-electron chi connectivity index (χ4n) is 2.76. The Kier molecular flexibility index (Phi) is 5.32. The molecular weight excluding hydrogens is 356 g/mol. The minimum atomic E-state index is -0.484. The summed E-state index contributed by atoms with van der Waals surface area (Å²) < 4.78 is 10.8. The Bertz CT molecular complexity index is 840. The van der Waals surface area contributed by atoms with E-state index < -0.39 is 5.97 Å². The predicted molar refractivity (Wildman–Crippen MR) is 100 cm³/mol. The van der Waals surface area contributed by atoms with Gasteiger partial charge in [0.2, 0.25) is 0 Å². The Morgan fingerprint density at radius 2 is 2.08 bits per heavy atom. The first-order valence-corrected chi connectivity index (χ1v) is 8.68. The second-order valence-electron chi connectivity index (χ2n) is 5.85. The van der Waals surface area contributed by atoms with Gasteiger partial charge < -0.3 is 14.8 Å². The van der Waals surface area contributed by atoms with E-state index in [1.165, 1.54) is 0 Å². The highest BCUT2D eigenvalue weighted by Crippen LogP contribution is 2.36. The molecular formula is C19H19ClN2O4. The van der Waals surface area contributed by atoms with Gasteiger partial charge in [0, 0.05) is 5.02 Å². The first-order chi connectivity index (χ1) is 12.5. The van der Waals surface area contributed by atoms with Crippen molar-refractivity contribution in [2.45, 2.75) is 20.0 Å². The van der Waals surface area contributed by atoms with Crippen LogP contribution < -0.4 is 15.0 Å². The number of hydrogen-bond acceptors (Lipinski definition) is 4. The van der Waals surface area contributed by atoms with Crippen LogP contribution in [0.1, 0.15) is 24.2 Å². The number of urea groups is 1. The van der Waals surface area contributed by atoms with Crippen LogP contribution in [0, 0.1) is 0 Å². The van der Waals surface area contributed by atoms with Crippen molar-refractivity contribution < 1.29 is 19.1 Å². The molecule has 0 aromatic heterocycles. The van der Waals surface area contributed by atoms with Crippen LogP contribution in [0.25, 0.3) is 0 Å². The Labute approximate surface area is 156 Å². The number of rotatable bonds is 3. The maximum atomic E-state index is 12.9. The predicted octanol–water partition coefficient (Wildman–Crippen LogP) is 4.34. The van der Waals surface area contributed by atoms with E-state index in [0.29, 0.717) is 34.3 Å². The summed E-state index contributed by atoms with van der Waals surface area (Å²) >= 11 is 6.07. The molecule has 2 aromatic carbocycles. The van der Waals surface area contributed by atoms with E-state index in [0.717, 1.165) is 0 Å². The lowest BCUT2D eigenvalue weighted by Crippen LogP contribution is -2.44. The standard InChI is InChI=1S/C19H19ClN2O4/c1-3-25-18(23)14-6-4-5-7-15(14)21-19(24)22-11-12(2)26-17-9-8-13(20)10-16(17)22/h4-10,12H,3,11H2,1-2H3,(H,21,24)/t12-/m0/s1. The number of carbonyl (C=O) groups is 2. The largest absolute Gasteiger partial charge is 0.487 e. The fourth-order valence-corrected chi connectivity index (χ4v) is 2.93.